The molecule has 0 heterocycles. The molecular formula is C8H12F2O4. The van der Waals surface area contributed by atoms with Gasteiger partial charge in [-0.3, -0.25) is 4.79 Å². The smallest absolute Gasteiger partial charge is 0.378 e. The highest BCUT2D eigenvalue weighted by Gasteiger charge is 2.51. The Morgan fingerprint density at radius 1 is 1.36 bits per heavy atom. The highest BCUT2D eigenvalue weighted by molar-refractivity contribution is 5.77. The molecule has 0 aliphatic rings. The second-order valence-corrected chi connectivity index (χ2v) is 3.20. The minimum absolute atomic E-state index is 0.773. The molecule has 6 heteroatoms. The lowest BCUT2D eigenvalue weighted by atomic mass is 10.0. The van der Waals surface area contributed by atoms with E-state index in [4.69, 9.17) is 5.11 Å². The van der Waals surface area contributed by atoms with Crippen LogP contribution in [0.3, 0.4) is 0 Å². The first-order valence-electron chi connectivity index (χ1n) is 3.98. The van der Waals surface area contributed by atoms with Crippen LogP contribution < -0.4 is 0 Å². The van der Waals surface area contributed by atoms with Crippen molar-refractivity contribution in [3.63, 3.8) is 0 Å². The molecule has 0 saturated carbocycles. The molecule has 1 unspecified atom stereocenters. The van der Waals surface area contributed by atoms with Crippen molar-refractivity contribution in [3.8, 4) is 0 Å². The van der Waals surface area contributed by atoms with Crippen molar-refractivity contribution < 1.29 is 28.2 Å². The van der Waals surface area contributed by atoms with Gasteiger partial charge in [0.25, 0.3) is 0 Å². The van der Waals surface area contributed by atoms with Crippen molar-refractivity contribution in [2.75, 3.05) is 0 Å². The molecular weight excluding hydrogens is 198 g/mol. The summed E-state index contributed by atoms with van der Waals surface area (Å²) in [4.78, 5) is 20.7. The third-order valence-corrected chi connectivity index (χ3v) is 1.54. The van der Waals surface area contributed by atoms with Crippen LogP contribution in [-0.2, 0) is 14.3 Å². The number of hydrogen-bond acceptors (Lipinski definition) is 3. The van der Waals surface area contributed by atoms with Crippen LogP contribution in [0.2, 0.25) is 0 Å². The predicted molar refractivity (Wildman–Crippen MR) is 43.0 cm³/mol. The second kappa shape index (κ2) is 4.34. The summed E-state index contributed by atoms with van der Waals surface area (Å²) in [5.74, 6) is -8.05. The van der Waals surface area contributed by atoms with E-state index in [0.29, 0.717) is 0 Å². The number of carbonyl (C=O) groups is 2. The molecule has 0 aromatic carbocycles. The average molecular weight is 210 g/mol. The number of esters is 1. The first-order chi connectivity index (χ1) is 6.19. The molecule has 0 aliphatic heterocycles. The number of carboxylic acids is 1. The van der Waals surface area contributed by atoms with Crippen LogP contribution in [0.5, 0.6) is 0 Å². The average Bonchev–Trinajstić information content (AvgIpc) is 1.98. The van der Waals surface area contributed by atoms with Gasteiger partial charge >= 0.3 is 17.9 Å². The fourth-order valence-corrected chi connectivity index (χ4v) is 0.929. The number of rotatable bonds is 4. The predicted octanol–water partition coefficient (Wildman–Crippen LogP) is 1.29. The molecule has 0 spiro atoms. The summed E-state index contributed by atoms with van der Waals surface area (Å²) < 4.78 is 30.2. The molecule has 82 valence electrons. The van der Waals surface area contributed by atoms with Gasteiger partial charge in [-0.15, -0.1) is 0 Å². The van der Waals surface area contributed by atoms with E-state index in [-0.39, 0.29) is 0 Å². The van der Waals surface area contributed by atoms with Crippen LogP contribution in [-0.4, -0.2) is 29.1 Å². The van der Waals surface area contributed by atoms with E-state index in [1.54, 1.807) is 0 Å². The molecule has 4 nitrogen and oxygen atoms in total. The van der Waals surface area contributed by atoms with Crippen LogP contribution in [0.25, 0.3) is 0 Å². The SMILES string of the molecule is CC(=O)OC(C(C)C)C(F)(F)C(=O)O. The van der Waals surface area contributed by atoms with Crippen LogP contribution in [0.1, 0.15) is 20.8 Å². The standard InChI is InChI=1S/C8H12F2O4/c1-4(2)6(14-5(3)11)8(9,10)7(12)13/h4,6H,1-3H3,(H,12,13). The Hall–Kier alpha value is -1.20. The van der Waals surface area contributed by atoms with Crippen LogP contribution in [0, 0.1) is 5.92 Å². The Kier molecular flexibility index (Phi) is 3.97. The first-order valence-corrected chi connectivity index (χ1v) is 3.98. The molecule has 0 amide bonds. The Bertz CT molecular complexity index is 237. The lowest BCUT2D eigenvalue weighted by molar-refractivity contribution is -0.198. The van der Waals surface area contributed by atoms with Gasteiger partial charge < -0.3 is 9.84 Å². The molecule has 0 radical (unpaired) electrons. The van der Waals surface area contributed by atoms with Gasteiger partial charge in [-0.25, -0.2) is 4.79 Å². The summed E-state index contributed by atoms with van der Waals surface area (Å²) in [5, 5.41) is 8.23. The quantitative estimate of drug-likeness (QED) is 0.710. The monoisotopic (exact) mass is 210 g/mol. The van der Waals surface area contributed by atoms with Gasteiger partial charge in [-0.1, -0.05) is 13.8 Å². The minimum atomic E-state index is -4.06. The van der Waals surface area contributed by atoms with Gasteiger partial charge in [0.05, 0.1) is 0 Å². The number of alkyl halides is 2. The van der Waals surface area contributed by atoms with E-state index in [1.807, 2.05) is 0 Å². The lowest BCUT2D eigenvalue weighted by Gasteiger charge is -2.25. The van der Waals surface area contributed by atoms with E-state index in [1.165, 1.54) is 13.8 Å². The van der Waals surface area contributed by atoms with E-state index >= 15 is 0 Å². The molecule has 0 aromatic rings. The Morgan fingerprint density at radius 3 is 2.00 bits per heavy atom. The van der Waals surface area contributed by atoms with Crippen molar-refractivity contribution in [1.29, 1.82) is 0 Å². The normalized spacial score (nSPS) is 13.9. The number of aliphatic carboxylic acids is 1. The summed E-state index contributed by atoms with van der Waals surface area (Å²) in [5.41, 5.74) is 0. The van der Waals surface area contributed by atoms with Crippen molar-refractivity contribution in [3.05, 3.63) is 0 Å². The largest absolute Gasteiger partial charge is 0.477 e. The molecule has 14 heavy (non-hydrogen) atoms. The highest BCUT2D eigenvalue weighted by Crippen LogP contribution is 2.27. The van der Waals surface area contributed by atoms with Crippen molar-refractivity contribution in [2.24, 2.45) is 5.92 Å². The Labute approximate surface area is 79.9 Å². The van der Waals surface area contributed by atoms with E-state index < -0.39 is 29.9 Å². The fourth-order valence-electron chi connectivity index (χ4n) is 0.929. The zero-order valence-electron chi connectivity index (χ0n) is 8.08. The Morgan fingerprint density at radius 2 is 1.79 bits per heavy atom. The third kappa shape index (κ3) is 2.93. The van der Waals surface area contributed by atoms with Crippen molar-refractivity contribution >= 4 is 11.9 Å². The fraction of sp³-hybridized carbons (Fsp3) is 0.750. The molecule has 0 rings (SSSR count). The Balaban J connectivity index is 4.81. The van der Waals surface area contributed by atoms with E-state index in [2.05, 4.69) is 4.74 Å². The molecule has 0 aliphatic carbocycles. The van der Waals surface area contributed by atoms with Gasteiger partial charge in [0.15, 0.2) is 6.10 Å². The molecule has 1 atom stereocenters. The molecule has 1 N–H and O–H groups in total. The summed E-state index contributed by atoms with van der Waals surface area (Å²) in [6, 6.07) is 0. The topological polar surface area (TPSA) is 63.6 Å². The maximum atomic E-state index is 12.9. The van der Waals surface area contributed by atoms with Gasteiger partial charge in [0.2, 0.25) is 0 Å². The van der Waals surface area contributed by atoms with Gasteiger partial charge in [0, 0.05) is 6.92 Å². The van der Waals surface area contributed by atoms with Crippen LogP contribution >= 0.6 is 0 Å². The van der Waals surface area contributed by atoms with Crippen molar-refractivity contribution in [2.45, 2.75) is 32.8 Å². The summed E-state index contributed by atoms with van der Waals surface area (Å²) in [6.07, 6.45) is -1.93. The van der Waals surface area contributed by atoms with Gasteiger partial charge in [-0.05, 0) is 5.92 Å². The zero-order chi connectivity index (χ0) is 11.5. The molecule has 0 bridgehead atoms. The van der Waals surface area contributed by atoms with Crippen LogP contribution in [0.4, 0.5) is 8.78 Å². The zero-order valence-corrected chi connectivity index (χ0v) is 8.08. The first kappa shape index (κ1) is 12.8. The number of halogens is 2. The molecule has 0 fully saturated rings. The second-order valence-electron chi connectivity index (χ2n) is 3.20. The minimum Gasteiger partial charge on any atom is -0.477 e. The third-order valence-electron chi connectivity index (χ3n) is 1.54. The molecule has 0 saturated heterocycles. The molecule has 0 aromatic heterocycles. The van der Waals surface area contributed by atoms with E-state index in [0.717, 1.165) is 6.92 Å². The number of ether oxygens (including phenoxy) is 1. The van der Waals surface area contributed by atoms with E-state index in [9.17, 15) is 18.4 Å². The summed E-state index contributed by atoms with van der Waals surface area (Å²) >= 11 is 0. The maximum absolute atomic E-state index is 12.9. The van der Waals surface area contributed by atoms with Gasteiger partial charge in [0.1, 0.15) is 0 Å². The summed E-state index contributed by atoms with van der Waals surface area (Å²) in [6.45, 7) is 3.65. The number of carbonyl (C=O) groups excluding carboxylic acids is 1. The number of hydrogen-bond donors (Lipinski definition) is 1. The van der Waals surface area contributed by atoms with Crippen molar-refractivity contribution in [1.82, 2.24) is 0 Å². The van der Waals surface area contributed by atoms with Gasteiger partial charge in [-0.2, -0.15) is 8.78 Å². The van der Waals surface area contributed by atoms with Crippen LogP contribution in [0.15, 0.2) is 0 Å². The highest BCUT2D eigenvalue weighted by atomic mass is 19.3. The lowest BCUT2D eigenvalue weighted by Crippen LogP contribution is -2.46. The summed E-state index contributed by atoms with van der Waals surface area (Å²) in [7, 11) is 0. The number of carboxylic acid groups (broad SMARTS) is 1. The maximum Gasteiger partial charge on any atom is 0.378 e.